The van der Waals surface area contributed by atoms with Gasteiger partial charge in [0.25, 0.3) is 0 Å². The molecule has 0 unspecified atom stereocenters. The Morgan fingerprint density at radius 1 is 1.44 bits per heavy atom. The number of hydrogen-bond acceptors (Lipinski definition) is 3. The summed E-state index contributed by atoms with van der Waals surface area (Å²) in [5, 5.41) is 2.95. The van der Waals surface area contributed by atoms with E-state index in [0.29, 0.717) is 13.0 Å². The molecule has 18 heavy (non-hydrogen) atoms. The molecule has 0 spiro atoms. The van der Waals surface area contributed by atoms with Gasteiger partial charge < -0.3 is 10.1 Å². The highest BCUT2D eigenvalue weighted by molar-refractivity contribution is 6.52. The van der Waals surface area contributed by atoms with Gasteiger partial charge in [-0.25, -0.2) is 0 Å². The Balaban J connectivity index is 1.79. The second-order valence-corrected chi connectivity index (χ2v) is 7.19. The second-order valence-electron chi connectivity index (χ2n) is 5.65. The average molecular weight is 295 g/mol. The summed E-state index contributed by atoms with van der Waals surface area (Å²) in [7, 11) is 0. The fourth-order valence-corrected chi connectivity index (χ4v) is 2.71. The van der Waals surface area contributed by atoms with Gasteiger partial charge in [-0.2, -0.15) is 0 Å². The van der Waals surface area contributed by atoms with Gasteiger partial charge in [-0.1, -0.05) is 0 Å². The smallest absolute Gasteiger partial charge is 0.226 e. The Bertz CT molecular complexity index is 328. The molecule has 104 valence electrons. The minimum Gasteiger partial charge on any atom is -0.379 e. The number of amides is 1. The van der Waals surface area contributed by atoms with Crippen LogP contribution in [0.1, 0.15) is 20.3 Å². The minimum atomic E-state index is -0.840. The quantitative estimate of drug-likeness (QED) is 0.797. The molecule has 2 aliphatic rings. The molecule has 4 nitrogen and oxygen atoms in total. The van der Waals surface area contributed by atoms with Crippen LogP contribution in [0.4, 0.5) is 0 Å². The summed E-state index contributed by atoms with van der Waals surface area (Å²) < 4.78 is 4.49. The maximum atomic E-state index is 11.8. The van der Waals surface area contributed by atoms with Crippen LogP contribution in [-0.4, -0.2) is 53.5 Å². The third-order valence-electron chi connectivity index (χ3n) is 3.70. The monoisotopic (exact) mass is 294 g/mol. The molecular weight excluding hydrogens is 275 g/mol. The van der Waals surface area contributed by atoms with Crippen molar-refractivity contribution in [3.05, 3.63) is 0 Å². The largest absolute Gasteiger partial charge is 0.379 e. The number of ether oxygens (including phenoxy) is 1. The number of nitrogens with one attached hydrogen (secondary N) is 1. The second kappa shape index (κ2) is 5.16. The van der Waals surface area contributed by atoms with E-state index in [-0.39, 0.29) is 17.4 Å². The molecule has 0 aromatic rings. The molecular formula is C12H20Cl2N2O2. The molecule has 0 aromatic heterocycles. The number of nitrogens with zero attached hydrogens (tertiary/aromatic N) is 1. The third-order valence-corrected chi connectivity index (χ3v) is 4.54. The molecule has 0 radical (unpaired) electrons. The summed E-state index contributed by atoms with van der Waals surface area (Å²) in [6.45, 7) is 8.17. The first-order chi connectivity index (χ1) is 8.33. The van der Waals surface area contributed by atoms with Crippen LogP contribution in [0.25, 0.3) is 0 Å². The van der Waals surface area contributed by atoms with Crippen molar-refractivity contribution in [1.29, 1.82) is 0 Å². The minimum absolute atomic E-state index is 0.0404. The van der Waals surface area contributed by atoms with Gasteiger partial charge >= 0.3 is 0 Å². The fourth-order valence-electron chi connectivity index (χ4n) is 2.20. The van der Waals surface area contributed by atoms with Crippen molar-refractivity contribution in [1.82, 2.24) is 10.2 Å². The van der Waals surface area contributed by atoms with Crippen molar-refractivity contribution in [2.24, 2.45) is 5.92 Å². The van der Waals surface area contributed by atoms with Crippen molar-refractivity contribution in [3.8, 4) is 0 Å². The van der Waals surface area contributed by atoms with E-state index < -0.39 is 4.33 Å². The van der Waals surface area contributed by atoms with Crippen molar-refractivity contribution >= 4 is 29.1 Å². The maximum Gasteiger partial charge on any atom is 0.226 e. The number of halogens is 2. The van der Waals surface area contributed by atoms with Crippen LogP contribution >= 0.6 is 23.2 Å². The van der Waals surface area contributed by atoms with Crippen molar-refractivity contribution < 1.29 is 9.53 Å². The zero-order valence-electron chi connectivity index (χ0n) is 10.8. The van der Waals surface area contributed by atoms with Crippen LogP contribution in [0.3, 0.4) is 0 Å². The van der Waals surface area contributed by atoms with Crippen LogP contribution in [0.5, 0.6) is 0 Å². The first kappa shape index (κ1) is 14.4. The number of morpholine rings is 1. The lowest BCUT2D eigenvalue weighted by Crippen LogP contribution is -2.55. The molecule has 6 heteroatoms. The number of hydrogen-bond donors (Lipinski definition) is 1. The van der Waals surface area contributed by atoms with E-state index in [9.17, 15) is 4.79 Å². The lowest BCUT2D eigenvalue weighted by atomic mass is 10.0. The first-order valence-corrected chi connectivity index (χ1v) is 7.07. The number of carbonyl (C=O) groups excluding carboxylic acids is 1. The van der Waals surface area contributed by atoms with E-state index in [4.69, 9.17) is 27.9 Å². The normalized spacial score (nSPS) is 27.9. The van der Waals surface area contributed by atoms with E-state index in [0.717, 1.165) is 26.3 Å². The summed E-state index contributed by atoms with van der Waals surface area (Å²) in [6, 6.07) is 0. The summed E-state index contributed by atoms with van der Waals surface area (Å²) in [6.07, 6.45) is 0.555. The van der Waals surface area contributed by atoms with Crippen LogP contribution in [-0.2, 0) is 9.53 Å². The van der Waals surface area contributed by atoms with Crippen LogP contribution in [0.2, 0.25) is 0 Å². The highest BCUT2D eigenvalue weighted by atomic mass is 35.5. The molecule has 1 saturated carbocycles. The number of carbonyl (C=O) groups is 1. The first-order valence-electron chi connectivity index (χ1n) is 6.31. The molecule has 2 rings (SSSR count). The van der Waals surface area contributed by atoms with Gasteiger partial charge in [-0.3, -0.25) is 9.69 Å². The molecule has 1 amide bonds. The van der Waals surface area contributed by atoms with Crippen LogP contribution < -0.4 is 5.32 Å². The van der Waals surface area contributed by atoms with Crippen molar-refractivity contribution in [2.45, 2.75) is 30.1 Å². The zero-order chi connectivity index (χ0) is 13.4. The summed E-state index contributed by atoms with van der Waals surface area (Å²) in [5.74, 6) is -0.289. The van der Waals surface area contributed by atoms with E-state index in [1.54, 1.807) is 0 Å². The summed E-state index contributed by atoms with van der Waals surface area (Å²) >= 11 is 11.8. The fraction of sp³-hybridized carbons (Fsp3) is 0.917. The van der Waals surface area contributed by atoms with Gasteiger partial charge in [0.2, 0.25) is 5.91 Å². The van der Waals surface area contributed by atoms with Gasteiger partial charge in [0.15, 0.2) is 0 Å². The predicted molar refractivity (Wildman–Crippen MR) is 72.0 cm³/mol. The Labute approximate surface area is 118 Å². The molecule has 0 aromatic carbocycles. The lowest BCUT2D eigenvalue weighted by Gasteiger charge is -2.40. The summed E-state index contributed by atoms with van der Waals surface area (Å²) in [4.78, 5) is 14.2. The standard InChI is InChI=1S/C12H20Cl2N2O2/c1-11(2,16-3-5-18-6-4-16)8-15-10(17)9-7-12(9,13)14/h9H,3-8H2,1-2H3,(H,15,17)/t9-/m1/s1. The van der Waals surface area contributed by atoms with Gasteiger partial charge in [-0.15, -0.1) is 23.2 Å². The van der Waals surface area contributed by atoms with E-state index in [2.05, 4.69) is 24.1 Å². The zero-order valence-corrected chi connectivity index (χ0v) is 12.4. The predicted octanol–water partition coefficient (Wildman–Crippen LogP) is 1.41. The Morgan fingerprint density at radius 2 is 2.00 bits per heavy atom. The lowest BCUT2D eigenvalue weighted by molar-refractivity contribution is -0.123. The number of alkyl halides is 2. The Morgan fingerprint density at radius 3 is 2.50 bits per heavy atom. The van der Waals surface area contributed by atoms with Gasteiger partial charge in [-0.05, 0) is 20.3 Å². The topological polar surface area (TPSA) is 41.6 Å². The highest BCUT2D eigenvalue weighted by Gasteiger charge is 2.56. The molecule has 1 atom stereocenters. The Hall–Kier alpha value is -0.0300. The Kier molecular flexibility index (Phi) is 4.12. The van der Waals surface area contributed by atoms with Crippen LogP contribution in [0.15, 0.2) is 0 Å². The molecule has 1 N–H and O–H groups in total. The van der Waals surface area contributed by atoms with Gasteiger partial charge in [0, 0.05) is 25.2 Å². The van der Waals surface area contributed by atoms with Gasteiger partial charge in [0.05, 0.1) is 19.1 Å². The molecule has 1 aliphatic carbocycles. The molecule has 1 heterocycles. The van der Waals surface area contributed by atoms with E-state index >= 15 is 0 Å². The van der Waals surface area contributed by atoms with Crippen molar-refractivity contribution in [2.75, 3.05) is 32.8 Å². The highest BCUT2D eigenvalue weighted by Crippen LogP contribution is 2.53. The SMILES string of the molecule is CC(C)(CNC(=O)[C@H]1CC1(Cl)Cl)N1CCOCC1. The maximum absolute atomic E-state index is 11.8. The van der Waals surface area contributed by atoms with Gasteiger partial charge in [0.1, 0.15) is 4.33 Å². The van der Waals surface area contributed by atoms with Crippen LogP contribution in [0, 0.1) is 5.92 Å². The third kappa shape index (κ3) is 3.29. The van der Waals surface area contributed by atoms with E-state index in [1.807, 2.05) is 0 Å². The number of rotatable bonds is 4. The molecule has 2 fully saturated rings. The average Bonchev–Trinajstić information content (AvgIpc) is 2.97. The summed E-state index contributed by atoms with van der Waals surface area (Å²) in [5.41, 5.74) is -0.0738. The molecule has 1 aliphatic heterocycles. The van der Waals surface area contributed by atoms with Crippen molar-refractivity contribution in [3.63, 3.8) is 0 Å². The molecule has 1 saturated heterocycles. The molecule has 0 bridgehead atoms. The van der Waals surface area contributed by atoms with E-state index in [1.165, 1.54) is 0 Å².